The molecule has 2 aromatic heterocycles. The lowest BCUT2D eigenvalue weighted by atomic mass is 9.84. The minimum Gasteiger partial charge on any atom is -0.507 e. The highest BCUT2D eigenvalue weighted by molar-refractivity contribution is 5.79. The van der Waals surface area contributed by atoms with Gasteiger partial charge in [-0.15, -0.1) is 10.2 Å². The Balaban J connectivity index is 1.32. The van der Waals surface area contributed by atoms with Gasteiger partial charge in [0.1, 0.15) is 5.75 Å². The molecule has 6 rings (SSSR count). The van der Waals surface area contributed by atoms with Crippen molar-refractivity contribution in [3.63, 3.8) is 0 Å². The van der Waals surface area contributed by atoms with Crippen LogP contribution in [0.15, 0.2) is 47.4 Å². The van der Waals surface area contributed by atoms with E-state index in [-0.39, 0.29) is 22.4 Å². The molecule has 0 spiro atoms. The van der Waals surface area contributed by atoms with Crippen LogP contribution in [0.4, 0.5) is 11.5 Å². The normalized spacial score (nSPS) is 27.3. The van der Waals surface area contributed by atoms with Crippen LogP contribution in [0.1, 0.15) is 39.5 Å². The van der Waals surface area contributed by atoms with E-state index in [0.29, 0.717) is 17.3 Å². The molecule has 3 aliphatic rings. The second-order valence-electron chi connectivity index (χ2n) is 11.5. The summed E-state index contributed by atoms with van der Waals surface area (Å²) in [6.45, 7) is 6.57. The smallest absolute Gasteiger partial charge is 0.250 e. The molecule has 8 nitrogen and oxygen atoms in total. The molecule has 0 saturated carbocycles. The maximum absolute atomic E-state index is 12.0. The number of nitrogens with zero attached hydrogens (tertiary/aromatic N) is 5. The van der Waals surface area contributed by atoms with E-state index in [1.807, 2.05) is 24.3 Å². The van der Waals surface area contributed by atoms with Crippen LogP contribution >= 0.6 is 0 Å². The van der Waals surface area contributed by atoms with Gasteiger partial charge in [0.15, 0.2) is 5.82 Å². The van der Waals surface area contributed by atoms with Gasteiger partial charge in [-0.2, -0.15) is 0 Å². The molecule has 2 fully saturated rings. The van der Waals surface area contributed by atoms with E-state index in [0.717, 1.165) is 48.6 Å². The Morgan fingerprint density at radius 2 is 1.69 bits per heavy atom. The van der Waals surface area contributed by atoms with Gasteiger partial charge in [0.25, 0.3) is 5.56 Å². The monoisotopic (exact) mass is 486 g/mol. The van der Waals surface area contributed by atoms with Crippen LogP contribution in [0.3, 0.4) is 0 Å². The van der Waals surface area contributed by atoms with E-state index in [9.17, 15) is 9.90 Å². The van der Waals surface area contributed by atoms with Gasteiger partial charge in [0.05, 0.1) is 11.4 Å². The fraction of sp³-hybridized carbons (Fsp3) is 0.464. The molecule has 2 saturated heterocycles. The molecule has 5 heterocycles. The highest BCUT2D eigenvalue weighted by Gasteiger charge is 2.50. The summed E-state index contributed by atoms with van der Waals surface area (Å²) < 4.78 is 1.52. The molecule has 0 aliphatic carbocycles. The third-order valence-electron chi connectivity index (χ3n) is 8.47. The molecule has 2 N–H and O–H groups in total. The summed E-state index contributed by atoms with van der Waals surface area (Å²) >= 11 is 0. The zero-order chi connectivity index (χ0) is 25.2. The van der Waals surface area contributed by atoms with Gasteiger partial charge in [-0.05, 0) is 74.9 Å². The molecular weight excluding hydrogens is 452 g/mol. The van der Waals surface area contributed by atoms with Crippen LogP contribution in [0.25, 0.3) is 22.4 Å². The number of hydrogen-bond donors (Lipinski definition) is 2. The van der Waals surface area contributed by atoms with E-state index < -0.39 is 0 Å². The average Bonchev–Trinajstić information content (AvgIpc) is 3.07. The number of likely N-dealkylation sites (N-methyl/N-ethyl adjacent to an activating group) is 1. The number of aromatic hydroxyl groups is 1. The lowest BCUT2D eigenvalue weighted by Gasteiger charge is -2.48. The molecule has 3 aliphatic heterocycles. The number of hydrogen-bond acceptors (Lipinski definition) is 7. The van der Waals surface area contributed by atoms with Crippen molar-refractivity contribution < 1.29 is 5.11 Å². The Bertz CT molecular complexity index is 1390. The fourth-order valence-electron chi connectivity index (χ4n) is 6.53. The Morgan fingerprint density at radius 3 is 2.39 bits per heavy atom. The lowest BCUT2D eigenvalue weighted by molar-refractivity contribution is 0.204. The van der Waals surface area contributed by atoms with Crippen molar-refractivity contribution in [2.45, 2.75) is 56.7 Å². The summed E-state index contributed by atoms with van der Waals surface area (Å²) in [7, 11) is 3.81. The number of anilines is 2. The second-order valence-corrected chi connectivity index (χ2v) is 11.5. The number of aryl methyl sites for hydroxylation is 1. The van der Waals surface area contributed by atoms with Gasteiger partial charge in [-0.25, -0.2) is 0 Å². The number of benzene rings is 1. The van der Waals surface area contributed by atoms with Gasteiger partial charge in [-0.1, -0.05) is 6.07 Å². The van der Waals surface area contributed by atoms with Crippen molar-refractivity contribution in [1.82, 2.24) is 20.1 Å². The third-order valence-corrected chi connectivity index (χ3v) is 8.47. The first-order valence-electron chi connectivity index (χ1n) is 12.8. The first-order valence-corrected chi connectivity index (χ1v) is 12.8. The zero-order valence-electron chi connectivity index (χ0n) is 21.5. The van der Waals surface area contributed by atoms with Crippen molar-refractivity contribution in [3.8, 4) is 28.1 Å². The summed E-state index contributed by atoms with van der Waals surface area (Å²) in [4.78, 5) is 16.7. The standard InChI is InChI=1S/C28H34N6O2/c1-27-8-9-28(2,31-27)17-20(16-27)34-12-11-32(3)23-15-22(29-30-26(23)34)21-6-5-18(13-24(21)35)19-7-10-33(4)25(36)14-19/h5-7,10,13-15,20,31,35H,8-9,11-12,16-17H2,1-4H3/t20-,27-,28+. The van der Waals surface area contributed by atoms with Crippen molar-refractivity contribution in [3.05, 3.63) is 52.9 Å². The zero-order valence-corrected chi connectivity index (χ0v) is 21.5. The van der Waals surface area contributed by atoms with E-state index >= 15 is 0 Å². The van der Waals surface area contributed by atoms with Gasteiger partial charge in [-0.3, -0.25) is 4.79 Å². The molecular formula is C28H34N6O2. The van der Waals surface area contributed by atoms with Gasteiger partial charge < -0.3 is 24.8 Å². The maximum atomic E-state index is 12.0. The minimum absolute atomic E-state index is 0.0889. The highest BCUT2D eigenvalue weighted by atomic mass is 16.3. The van der Waals surface area contributed by atoms with Crippen molar-refractivity contribution in [2.24, 2.45) is 7.05 Å². The van der Waals surface area contributed by atoms with Gasteiger partial charge in [0.2, 0.25) is 0 Å². The van der Waals surface area contributed by atoms with Crippen molar-refractivity contribution in [2.75, 3.05) is 29.9 Å². The molecule has 188 valence electrons. The Labute approximate surface area is 211 Å². The molecule has 8 heteroatoms. The van der Waals surface area contributed by atoms with Gasteiger partial charge in [0, 0.05) is 62.1 Å². The average molecular weight is 487 g/mol. The number of pyridine rings is 1. The summed E-state index contributed by atoms with van der Waals surface area (Å²) in [6.07, 6.45) is 6.39. The fourth-order valence-corrected chi connectivity index (χ4v) is 6.53. The molecule has 36 heavy (non-hydrogen) atoms. The molecule has 3 aromatic rings. The van der Waals surface area contributed by atoms with Crippen LogP contribution in [0, 0.1) is 0 Å². The molecule has 0 unspecified atom stereocenters. The number of nitrogens with one attached hydrogen (secondary N) is 1. The van der Waals surface area contributed by atoms with Crippen LogP contribution in [0.2, 0.25) is 0 Å². The lowest BCUT2D eigenvalue weighted by Crippen LogP contribution is -2.60. The highest BCUT2D eigenvalue weighted by Crippen LogP contribution is 2.46. The van der Waals surface area contributed by atoms with E-state index in [1.54, 1.807) is 25.4 Å². The molecule has 0 amide bonds. The second kappa shape index (κ2) is 8.06. The molecule has 1 aromatic carbocycles. The Hall–Kier alpha value is -3.39. The predicted octanol–water partition coefficient (Wildman–Crippen LogP) is 3.53. The minimum atomic E-state index is -0.0889. The molecule has 3 atom stereocenters. The van der Waals surface area contributed by atoms with Crippen LogP contribution in [-0.4, -0.2) is 57.1 Å². The number of phenolic OH excluding ortho intramolecular Hbond substituents is 1. The van der Waals surface area contributed by atoms with Crippen LogP contribution in [0.5, 0.6) is 5.75 Å². The number of aromatic nitrogens is 3. The van der Waals surface area contributed by atoms with Crippen LogP contribution < -0.4 is 20.7 Å². The van der Waals surface area contributed by atoms with Crippen LogP contribution in [-0.2, 0) is 7.05 Å². The molecule has 2 bridgehead atoms. The van der Waals surface area contributed by atoms with E-state index in [1.165, 1.54) is 17.4 Å². The molecule has 0 radical (unpaired) electrons. The summed E-state index contributed by atoms with van der Waals surface area (Å²) in [6, 6.07) is 11.4. The summed E-state index contributed by atoms with van der Waals surface area (Å²) in [5, 5.41) is 24.1. The Kier molecular flexibility index (Phi) is 5.16. The van der Waals surface area contributed by atoms with E-state index in [4.69, 9.17) is 5.10 Å². The number of fused-ring (bicyclic) bond motifs is 3. The first kappa shape index (κ1) is 23.0. The van der Waals surface area contributed by atoms with Gasteiger partial charge >= 0.3 is 0 Å². The summed E-state index contributed by atoms with van der Waals surface area (Å²) in [5.41, 5.74) is 4.14. The quantitative estimate of drug-likeness (QED) is 0.586. The van der Waals surface area contributed by atoms with Crippen molar-refractivity contribution in [1.29, 1.82) is 0 Å². The first-order chi connectivity index (χ1) is 17.1. The topological polar surface area (TPSA) is 86.5 Å². The predicted molar refractivity (Wildman–Crippen MR) is 143 cm³/mol. The van der Waals surface area contributed by atoms with Crippen molar-refractivity contribution >= 4 is 11.5 Å². The number of piperidine rings is 1. The van der Waals surface area contributed by atoms with E-state index in [2.05, 4.69) is 41.1 Å². The number of phenols is 1. The third kappa shape index (κ3) is 3.84. The maximum Gasteiger partial charge on any atom is 0.250 e. The number of rotatable bonds is 3. The largest absolute Gasteiger partial charge is 0.507 e. The SMILES string of the molecule is CN1CCN([C@H]2C[C@]3(C)CC[C@](C)(C2)N3)c2nnc(-c3ccc(-c4ccn(C)c(=O)c4)cc3O)cc21. The summed E-state index contributed by atoms with van der Waals surface area (Å²) in [5.74, 6) is 1.05. The Morgan fingerprint density at radius 1 is 0.972 bits per heavy atom.